The first-order valence-electron chi connectivity index (χ1n) is 11.6. The van der Waals surface area contributed by atoms with E-state index in [0.717, 1.165) is 5.56 Å². The van der Waals surface area contributed by atoms with E-state index < -0.39 is 23.5 Å². The number of nitrogens with zero attached hydrogens (tertiary/aromatic N) is 4. The summed E-state index contributed by atoms with van der Waals surface area (Å²) in [5.41, 5.74) is 2.92. The smallest absolute Gasteiger partial charge is 0.308 e. The molecule has 0 saturated heterocycles. The number of rotatable bonds is 5. The van der Waals surface area contributed by atoms with E-state index in [2.05, 4.69) is 25.6 Å². The van der Waals surface area contributed by atoms with E-state index in [4.69, 9.17) is 0 Å². The molecule has 9 heteroatoms. The van der Waals surface area contributed by atoms with E-state index in [-0.39, 0.29) is 12.3 Å². The van der Waals surface area contributed by atoms with Crippen molar-refractivity contribution in [3.8, 4) is 0 Å². The van der Waals surface area contributed by atoms with Gasteiger partial charge in [0.05, 0.1) is 23.6 Å². The van der Waals surface area contributed by atoms with Crippen molar-refractivity contribution < 1.29 is 14.4 Å². The Bertz CT molecular complexity index is 1330. The van der Waals surface area contributed by atoms with Gasteiger partial charge in [0.15, 0.2) is 5.78 Å². The molecule has 184 valence electrons. The number of Topliss-reactive ketones (excluding diaryl/α,β-unsaturated/α-hetero) is 1. The number of benzodiazepines with no additional fused rings is 1. The molecule has 3 amide bonds. The van der Waals surface area contributed by atoms with Gasteiger partial charge in [-0.25, -0.2) is 19.8 Å². The summed E-state index contributed by atoms with van der Waals surface area (Å²) < 4.78 is 0. The number of aliphatic imine (C=N–C) groups is 1. The molecule has 3 aromatic rings. The van der Waals surface area contributed by atoms with Gasteiger partial charge in [-0.2, -0.15) is 0 Å². The highest BCUT2D eigenvalue weighted by atomic mass is 16.2. The van der Waals surface area contributed by atoms with E-state index in [0.29, 0.717) is 28.3 Å². The Morgan fingerprint density at radius 2 is 1.83 bits per heavy atom. The molecule has 2 aromatic carbocycles. The van der Waals surface area contributed by atoms with Crippen LogP contribution in [0, 0.1) is 12.3 Å². The summed E-state index contributed by atoms with van der Waals surface area (Å²) in [5.74, 6) is -0.650. The fourth-order valence-corrected chi connectivity index (χ4v) is 3.72. The molecule has 0 bridgehead atoms. The van der Waals surface area contributed by atoms with E-state index in [1.165, 1.54) is 11.2 Å². The number of para-hydroxylation sites is 1. The molecule has 0 aliphatic carbocycles. The number of carbonyl (C=O) groups is 3. The number of aromatic nitrogens is 2. The predicted octanol–water partition coefficient (Wildman–Crippen LogP) is 3.73. The lowest BCUT2D eigenvalue weighted by Crippen LogP contribution is -2.50. The van der Waals surface area contributed by atoms with Crippen LogP contribution in [0.25, 0.3) is 0 Å². The third kappa shape index (κ3) is 5.46. The Morgan fingerprint density at radius 1 is 1.06 bits per heavy atom. The first kappa shape index (κ1) is 24.7. The average molecular weight is 485 g/mol. The van der Waals surface area contributed by atoms with Gasteiger partial charge in [-0.1, -0.05) is 51.1 Å². The lowest BCUT2D eigenvalue weighted by Gasteiger charge is -2.28. The van der Waals surface area contributed by atoms with Crippen molar-refractivity contribution in [2.45, 2.75) is 33.9 Å². The Morgan fingerprint density at radius 3 is 2.53 bits per heavy atom. The number of benzene rings is 2. The predicted molar refractivity (Wildman–Crippen MR) is 138 cm³/mol. The minimum atomic E-state index is -1.29. The van der Waals surface area contributed by atoms with Gasteiger partial charge < -0.3 is 15.5 Å². The molecule has 0 spiro atoms. The lowest BCUT2D eigenvalue weighted by molar-refractivity contribution is -0.127. The summed E-state index contributed by atoms with van der Waals surface area (Å²) in [5, 5.41) is 5.41. The van der Waals surface area contributed by atoms with Crippen LogP contribution in [-0.4, -0.2) is 46.1 Å². The number of hydrogen-bond donors (Lipinski definition) is 2. The van der Waals surface area contributed by atoms with E-state index in [9.17, 15) is 14.4 Å². The quantitative estimate of drug-likeness (QED) is 0.572. The number of aryl methyl sites for hydroxylation is 1. The summed E-state index contributed by atoms with van der Waals surface area (Å²) in [6.45, 7) is 7.16. The van der Waals surface area contributed by atoms with Crippen LogP contribution in [0.4, 0.5) is 16.2 Å². The summed E-state index contributed by atoms with van der Waals surface area (Å²) in [6.07, 6.45) is 1.68. The monoisotopic (exact) mass is 484 g/mol. The zero-order valence-corrected chi connectivity index (χ0v) is 20.6. The van der Waals surface area contributed by atoms with Crippen molar-refractivity contribution in [2.75, 3.05) is 16.8 Å². The Labute approximate surface area is 209 Å². The van der Waals surface area contributed by atoms with Crippen molar-refractivity contribution in [3.63, 3.8) is 0 Å². The normalized spacial score (nSPS) is 15.4. The average Bonchev–Trinajstić information content (AvgIpc) is 2.94. The highest BCUT2D eigenvalue weighted by Crippen LogP contribution is 2.29. The maximum absolute atomic E-state index is 13.8. The SMILES string of the molecule is Cc1cccc(NC(=O)N[C@@H]2N=C(c3ccncn3)c3ccccc3N(CC(=O)C(C)(C)C)C2=O)c1. The van der Waals surface area contributed by atoms with Gasteiger partial charge in [-0.05, 0) is 36.8 Å². The largest absolute Gasteiger partial charge is 0.321 e. The van der Waals surface area contributed by atoms with Crippen molar-refractivity contribution in [3.05, 3.63) is 83.9 Å². The number of amides is 3. The van der Waals surface area contributed by atoms with Crippen LogP contribution in [-0.2, 0) is 9.59 Å². The number of anilines is 2. The van der Waals surface area contributed by atoms with Crippen LogP contribution in [0.15, 0.2) is 72.1 Å². The fraction of sp³-hybridized carbons (Fsp3) is 0.259. The molecule has 1 aliphatic rings. The van der Waals surface area contributed by atoms with Crippen LogP contribution in [0.3, 0.4) is 0 Å². The van der Waals surface area contributed by atoms with Gasteiger partial charge in [0.2, 0.25) is 6.17 Å². The Balaban J connectivity index is 1.75. The minimum absolute atomic E-state index is 0.126. The van der Waals surface area contributed by atoms with Gasteiger partial charge in [0.1, 0.15) is 6.33 Å². The standard InChI is InChI=1S/C27H28N6O3/c1-17-8-7-9-18(14-17)30-26(36)32-24-25(35)33(15-22(34)27(2,3)4)21-11-6-5-10-19(21)23(31-24)20-12-13-28-16-29-20/h5-14,16,24H,15H2,1-4H3,(H2,30,32,36)/t24-/m0/s1. The zero-order chi connectivity index (χ0) is 25.9. The maximum Gasteiger partial charge on any atom is 0.321 e. The molecule has 0 unspecified atom stereocenters. The maximum atomic E-state index is 13.8. The third-order valence-corrected chi connectivity index (χ3v) is 5.71. The number of ketones is 1. The molecule has 4 rings (SSSR count). The summed E-state index contributed by atoms with van der Waals surface area (Å²) in [6, 6.07) is 15.6. The summed E-state index contributed by atoms with van der Waals surface area (Å²) in [7, 11) is 0. The molecular formula is C27H28N6O3. The molecule has 1 aliphatic heterocycles. The minimum Gasteiger partial charge on any atom is -0.308 e. The Hall–Kier alpha value is -4.40. The van der Waals surface area contributed by atoms with Gasteiger partial charge in [-0.15, -0.1) is 0 Å². The van der Waals surface area contributed by atoms with Gasteiger partial charge in [0.25, 0.3) is 5.91 Å². The molecule has 0 radical (unpaired) electrons. The van der Waals surface area contributed by atoms with Crippen LogP contribution >= 0.6 is 0 Å². The topological polar surface area (TPSA) is 117 Å². The van der Waals surface area contributed by atoms with Crippen LogP contribution < -0.4 is 15.5 Å². The number of nitrogens with one attached hydrogen (secondary N) is 2. The van der Waals surface area contributed by atoms with Crippen molar-refractivity contribution in [1.29, 1.82) is 0 Å². The van der Waals surface area contributed by atoms with Crippen molar-refractivity contribution in [2.24, 2.45) is 10.4 Å². The molecular weight excluding hydrogens is 456 g/mol. The van der Waals surface area contributed by atoms with Crippen LogP contribution in [0.5, 0.6) is 0 Å². The molecule has 0 saturated carbocycles. The molecule has 9 nitrogen and oxygen atoms in total. The number of carbonyl (C=O) groups excluding carboxylic acids is 3. The van der Waals surface area contributed by atoms with E-state index in [1.54, 1.807) is 51.2 Å². The molecule has 1 atom stereocenters. The highest BCUT2D eigenvalue weighted by molar-refractivity contribution is 6.20. The van der Waals surface area contributed by atoms with Crippen molar-refractivity contribution in [1.82, 2.24) is 15.3 Å². The lowest BCUT2D eigenvalue weighted by atomic mass is 9.90. The molecule has 2 N–H and O–H groups in total. The van der Waals surface area contributed by atoms with Crippen LogP contribution in [0.1, 0.15) is 37.6 Å². The first-order chi connectivity index (χ1) is 17.1. The first-order valence-corrected chi connectivity index (χ1v) is 11.6. The van der Waals surface area contributed by atoms with Gasteiger partial charge in [-0.3, -0.25) is 9.59 Å². The second-order valence-corrected chi connectivity index (χ2v) is 9.56. The summed E-state index contributed by atoms with van der Waals surface area (Å²) >= 11 is 0. The number of urea groups is 1. The van der Waals surface area contributed by atoms with E-state index in [1.807, 2.05) is 37.3 Å². The van der Waals surface area contributed by atoms with Crippen LogP contribution in [0.2, 0.25) is 0 Å². The molecule has 1 aromatic heterocycles. The molecule has 36 heavy (non-hydrogen) atoms. The van der Waals surface area contributed by atoms with Gasteiger partial charge in [0, 0.05) is 22.9 Å². The summed E-state index contributed by atoms with van der Waals surface area (Å²) in [4.78, 5) is 54.0. The fourth-order valence-electron chi connectivity index (χ4n) is 3.72. The Kier molecular flexibility index (Phi) is 6.91. The van der Waals surface area contributed by atoms with Crippen molar-refractivity contribution >= 4 is 34.8 Å². The molecule has 0 fully saturated rings. The second kappa shape index (κ2) is 10.1. The second-order valence-electron chi connectivity index (χ2n) is 9.56. The number of fused-ring (bicyclic) bond motifs is 1. The van der Waals surface area contributed by atoms with E-state index >= 15 is 0 Å². The molecule has 2 heterocycles. The zero-order valence-electron chi connectivity index (χ0n) is 20.6. The number of hydrogen-bond acceptors (Lipinski definition) is 6. The highest BCUT2D eigenvalue weighted by Gasteiger charge is 2.36. The third-order valence-electron chi connectivity index (χ3n) is 5.71. The van der Waals surface area contributed by atoms with Gasteiger partial charge >= 0.3 is 6.03 Å².